The zero-order valence-electron chi connectivity index (χ0n) is 10.1. The summed E-state index contributed by atoms with van der Waals surface area (Å²) in [6.07, 6.45) is 2.88. The Morgan fingerprint density at radius 1 is 1.33 bits per heavy atom. The molecule has 18 heavy (non-hydrogen) atoms. The van der Waals surface area contributed by atoms with E-state index in [-0.39, 0.29) is 0 Å². The van der Waals surface area contributed by atoms with Crippen LogP contribution in [0.15, 0.2) is 24.4 Å². The molecule has 0 radical (unpaired) electrons. The van der Waals surface area contributed by atoms with Crippen molar-refractivity contribution in [3.8, 4) is 11.3 Å². The molecule has 1 aromatic heterocycles. The second kappa shape index (κ2) is 6.23. The zero-order valence-corrected chi connectivity index (χ0v) is 11.6. The average molecular weight is 284 g/mol. The molecule has 1 aromatic carbocycles. The van der Waals surface area contributed by atoms with Crippen LogP contribution >= 0.6 is 23.2 Å². The fraction of sp³-hybridized carbons (Fsp3) is 0.308. The Labute approximate surface area is 117 Å². The number of aromatic amines is 1. The van der Waals surface area contributed by atoms with Gasteiger partial charge in [0.1, 0.15) is 5.82 Å². The molecule has 96 valence electrons. The van der Waals surface area contributed by atoms with Gasteiger partial charge in [0.25, 0.3) is 0 Å². The van der Waals surface area contributed by atoms with Gasteiger partial charge in [-0.1, -0.05) is 42.3 Å². The lowest BCUT2D eigenvalue weighted by molar-refractivity contribution is 0.655. The Hall–Kier alpha value is -1.03. The van der Waals surface area contributed by atoms with Crippen LogP contribution in [0.25, 0.3) is 11.3 Å². The van der Waals surface area contributed by atoms with E-state index < -0.39 is 0 Å². The molecule has 0 saturated carbocycles. The number of hydrogen-bond acceptors (Lipinski definition) is 2. The van der Waals surface area contributed by atoms with Crippen molar-refractivity contribution < 1.29 is 0 Å². The predicted octanol–water partition coefficient (Wildman–Crippen LogP) is 3.88. The number of H-pyrrole nitrogens is 1. The van der Waals surface area contributed by atoms with E-state index in [1.54, 1.807) is 12.3 Å². The van der Waals surface area contributed by atoms with Crippen molar-refractivity contribution in [1.82, 2.24) is 15.3 Å². The largest absolute Gasteiger partial charge is 0.341 e. The highest BCUT2D eigenvalue weighted by Crippen LogP contribution is 2.32. The summed E-state index contributed by atoms with van der Waals surface area (Å²) in [6.45, 7) is 3.84. The Balaban J connectivity index is 2.16. The number of nitrogens with one attached hydrogen (secondary N) is 2. The van der Waals surface area contributed by atoms with Gasteiger partial charge in [-0.25, -0.2) is 4.98 Å². The quantitative estimate of drug-likeness (QED) is 0.818. The molecule has 5 heteroatoms. The van der Waals surface area contributed by atoms with Crippen LogP contribution in [0.5, 0.6) is 0 Å². The third-order valence-corrected chi connectivity index (χ3v) is 3.41. The summed E-state index contributed by atoms with van der Waals surface area (Å²) in [4.78, 5) is 7.56. The summed E-state index contributed by atoms with van der Waals surface area (Å²) in [7, 11) is 0. The molecule has 0 atom stereocenters. The van der Waals surface area contributed by atoms with Crippen molar-refractivity contribution >= 4 is 23.2 Å². The molecule has 2 aromatic rings. The summed E-state index contributed by atoms with van der Waals surface area (Å²) < 4.78 is 0. The third kappa shape index (κ3) is 3.05. The maximum Gasteiger partial charge on any atom is 0.120 e. The number of benzene rings is 1. The minimum atomic E-state index is 0.550. The summed E-state index contributed by atoms with van der Waals surface area (Å²) in [5.74, 6) is 0.898. The monoisotopic (exact) mass is 283 g/mol. The summed E-state index contributed by atoms with van der Waals surface area (Å²) >= 11 is 12.2. The molecule has 0 spiro atoms. The van der Waals surface area contributed by atoms with Crippen molar-refractivity contribution in [3.05, 3.63) is 40.3 Å². The van der Waals surface area contributed by atoms with Gasteiger partial charge in [0.05, 0.1) is 28.5 Å². The minimum absolute atomic E-state index is 0.550. The standard InChI is InChI=1S/C13H15Cl2N3/c1-2-6-16-8-12-17-7-11(18-12)9-4-3-5-10(14)13(9)15/h3-5,7,16H,2,6,8H2,1H3,(H,17,18). The van der Waals surface area contributed by atoms with Crippen LogP contribution in [0.1, 0.15) is 19.2 Å². The van der Waals surface area contributed by atoms with Crippen LogP contribution in [-0.4, -0.2) is 16.5 Å². The molecule has 0 bridgehead atoms. The molecular formula is C13H15Cl2N3. The second-order valence-corrected chi connectivity index (χ2v) is 4.81. The number of halogens is 2. The summed E-state index contributed by atoms with van der Waals surface area (Å²) in [6, 6.07) is 5.57. The highest BCUT2D eigenvalue weighted by Gasteiger charge is 2.09. The van der Waals surface area contributed by atoms with Crippen LogP contribution < -0.4 is 5.32 Å². The zero-order chi connectivity index (χ0) is 13.0. The minimum Gasteiger partial charge on any atom is -0.341 e. The van der Waals surface area contributed by atoms with Gasteiger partial charge in [-0.15, -0.1) is 0 Å². The molecular weight excluding hydrogens is 269 g/mol. The number of nitrogens with zero attached hydrogens (tertiary/aromatic N) is 1. The number of hydrogen-bond donors (Lipinski definition) is 2. The molecule has 0 aliphatic rings. The van der Waals surface area contributed by atoms with Gasteiger partial charge in [-0.3, -0.25) is 0 Å². The van der Waals surface area contributed by atoms with Crippen LogP contribution in [0.2, 0.25) is 10.0 Å². The first kappa shape index (κ1) is 13.4. The lowest BCUT2D eigenvalue weighted by atomic mass is 10.2. The van der Waals surface area contributed by atoms with Crippen LogP contribution in [0.4, 0.5) is 0 Å². The first-order chi connectivity index (χ1) is 8.72. The van der Waals surface area contributed by atoms with E-state index in [1.807, 2.05) is 12.1 Å². The molecule has 0 aliphatic carbocycles. The maximum absolute atomic E-state index is 6.17. The Kier molecular flexibility index (Phi) is 4.64. The topological polar surface area (TPSA) is 40.7 Å². The Morgan fingerprint density at radius 3 is 2.94 bits per heavy atom. The SMILES string of the molecule is CCCNCc1ncc(-c2cccc(Cl)c2Cl)[nH]1. The van der Waals surface area contributed by atoms with Crippen molar-refractivity contribution in [2.75, 3.05) is 6.54 Å². The first-order valence-corrected chi connectivity index (χ1v) is 6.67. The molecule has 2 rings (SSSR count). The molecule has 0 saturated heterocycles. The Bertz CT molecular complexity index is 523. The van der Waals surface area contributed by atoms with Gasteiger partial charge in [0.15, 0.2) is 0 Å². The van der Waals surface area contributed by atoms with Gasteiger partial charge < -0.3 is 10.3 Å². The van der Waals surface area contributed by atoms with E-state index in [2.05, 4.69) is 22.2 Å². The third-order valence-electron chi connectivity index (χ3n) is 2.59. The lowest BCUT2D eigenvalue weighted by Crippen LogP contribution is -2.14. The van der Waals surface area contributed by atoms with Crippen LogP contribution in [0, 0.1) is 0 Å². The van der Waals surface area contributed by atoms with Gasteiger partial charge in [0.2, 0.25) is 0 Å². The fourth-order valence-electron chi connectivity index (χ4n) is 1.68. The van der Waals surface area contributed by atoms with Crippen molar-refractivity contribution in [3.63, 3.8) is 0 Å². The number of aromatic nitrogens is 2. The van der Waals surface area contributed by atoms with E-state index in [4.69, 9.17) is 23.2 Å². The van der Waals surface area contributed by atoms with Crippen LogP contribution in [-0.2, 0) is 6.54 Å². The van der Waals surface area contributed by atoms with Crippen molar-refractivity contribution in [1.29, 1.82) is 0 Å². The summed E-state index contributed by atoms with van der Waals surface area (Å²) in [5, 5.41) is 4.39. The van der Waals surface area contributed by atoms with E-state index in [0.29, 0.717) is 10.0 Å². The van der Waals surface area contributed by atoms with Gasteiger partial charge in [-0.2, -0.15) is 0 Å². The molecule has 0 aliphatic heterocycles. The smallest absolute Gasteiger partial charge is 0.120 e. The van der Waals surface area contributed by atoms with Gasteiger partial charge in [-0.05, 0) is 19.0 Å². The highest BCUT2D eigenvalue weighted by atomic mass is 35.5. The van der Waals surface area contributed by atoms with Gasteiger partial charge >= 0.3 is 0 Å². The van der Waals surface area contributed by atoms with Gasteiger partial charge in [0, 0.05) is 5.56 Å². The normalized spacial score (nSPS) is 10.8. The van der Waals surface area contributed by atoms with Crippen LogP contribution in [0.3, 0.4) is 0 Å². The van der Waals surface area contributed by atoms with Crippen molar-refractivity contribution in [2.24, 2.45) is 0 Å². The molecule has 2 N–H and O–H groups in total. The molecule has 0 amide bonds. The highest BCUT2D eigenvalue weighted by molar-refractivity contribution is 6.43. The predicted molar refractivity (Wildman–Crippen MR) is 76.0 cm³/mol. The van der Waals surface area contributed by atoms with E-state index in [1.165, 1.54) is 0 Å². The summed E-state index contributed by atoms with van der Waals surface area (Å²) in [5.41, 5.74) is 1.76. The van der Waals surface area contributed by atoms with E-state index in [9.17, 15) is 0 Å². The Morgan fingerprint density at radius 2 is 2.17 bits per heavy atom. The molecule has 3 nitrogen and oxygen atoms in total. The maximum atomic E-state index is 6.17. The number of rotatable bonds is 5. The van der Waals surface area contributed by atoms with E-state index in [0.717, 1.165) is 36.6 Å². The molecule has 0 unspecified atom stereocenters. The van der Waals surface area contributed by atoms with Crippen molar-refractivity contribution in [2.45, 2.75) is 19.9 Å². The average Bonchev–Trinajstić information content (AvgIpc) is 2.82. The van der Waals surface area contributed by atoms with E-state index >= 15 is 0 Å². The second-order valence-electron chi connectivity index (χ2n) is 4.02. The lowest BCUT2D eigenvalue weighted by Gasteiger charge is -2.03. The first-order valence-electron chi connectivity index (χ1n) is 5.91. The fourth-order valence-corrected chi connectivity index (χ4v) is 2.09. The molecule has 1 heterocycles. The number of imidazole rings is 1. The molecule has 0 fully saturated rings.